The molecule has 0 aliphatic carbocycles. The molecule has 0 unspecified atom stereocenters. The number of hydrogen-bond acceptors (Lipinski definition) is 2. The highest BCUT2D eigenvalue weighted by molar-refractivity contribution is 6.18. The van der Waals surface area contributed by atoms with Gasteiger partial charge >= 0.3 is 0 Å². The number of fused-ring (bicyclic) bond motifs is 9. The minimum atomic E-state index is 0.867. The van der Waals surface area contributed by atoms with Crippen LogP contribution < -0.4 is 4.90 Å². The summed E-state index contributed by atoms with van der Waals surface area (Å²) in [6.45, 7) is 0. The van der Waals surface area contributed by atoms with Gasteiger partial charge in [-0.05, 0) is 78.4 Å². The molecule has 272 valence electrons. The Kier molecular flexibility index (Phi) is 7.20. The summed E-state index contributed by atoms with van der Waals surface area (Å²) in [7, 11) is 0. The van der Waals surface area contributed by atoms with Crippen LogP contribution in [0.15, 0.2) is 217 Å². The van der Waals surface area contributed by atoms with Crippen LogP contribution in [0, 0.1) is 0 Å². The molecule has 0 fully saturated rings. The average Bonchev–Trinajstić information content (AvgIpc) is 3.95. The van der Waals surface area contributed by atoms with Gasteiger partial charge in [0.15, 0.2) is 0 Å². The molecule has 3 heterocycles. The predicted molar refractivity (Wildman–Crippen MR) is 243 cm³/mol. The standard InChI is InChI=1S/C54H35N3O/c1-3-17-36(18-4-1)40-21-7-12-26-46(40)55(38-31-32-53-45(33-38)43-24-11-16-30-52(43)58-53)39-34-50-54(44-25-10-15-29-49(44)56(50)37-19-5-2-6-20-37)51(35-39)57-47-27-13-8-22-41(47)42-23-9-14-28-48(42)57/h1-35H. The van der Waals surface area contributed by atoms with Crippen LogP contribution in [0.5, 0.6) is 0 Å². The maximum absolute atomic E-state index is 6.37. The summed E-state index contributed by atoms with van der Waals surface area (Å²) in [6, 6.07) is 76.4. The Morgan fingerprint density at radius 3 is 1.67 bits per heavy atom. The molecule has 0 amide bonds. The van der Waals surface area contributed by atoms with Crippen molar-refractivity contribution >= 4 is 82.6 Å². The highest BCUT2D eigenvalue weighted by Gasteiger charge is 2.25. The Hall–Kier alpha value is -7.82. The average molecular weight is 742 g/mol. The first-order valence-electron chi connectivity index (χ1n) is 19.8. The van der Waals surface area contributed by atoms with Gasteiger partial charge in [-0.2, -0.15) is 0 Å². The molecule has 12 rings (SSSR count). The van der Waals surface area contributed by atoms with E-state index in [2.05, 4.69) is 214 Å². The smallest absolute Gasteiger partial charge is 0.135 e. The number of aromatic nitrogens is 2. The van der Waals surface area contributed by atoms with E-state index in [1.54, 1.807) is 0 Å². The quantitative estimate of drug-likeness (QED) is 0.170. The van der Waals surface area contributed by atoms with Gasteiger partial charge < -0.3 is 18.5 Å². The molecule has 3 aromatic heterocycles. The van der Waals surface area contributed by atoms with Crippen molar-refractivity contribution in [2.24, 2.45) is 0 Å². The van der Waals surface area contributed by atoms with Gasteiger partial charge in [0, 0.05) is 49.3 Å². The van der Waals surface area contributed by atoms with E-state index in [0.29, 0.717) is 0 Å². The van der Waals surface area contributed by atoms with E-state index < -0.39 is 0 Å². The summed E-state index contributed by atoms with van der Waals surface area (Å²) >= 11 is 0. The van der Waals surface area contributed by atoms with E-state index in [-0.39, 0.29) is 0 Å². The molecular weight excluding hydrogens is 707 g/mol. The van der Waals surface area contributed by atoms with Gasteiger partial charge in [0.1, 0.15) is 11.2 Å². The maximum Gasteiger partial charge on any atom is 0.135 e. The molecule has 0 radical (unpaired) electrons. The number of anilines is 3. The molecule has 0 aliphatic heterocycles. The van der Waals surface area contributed by atoms with Crippen molar-refractivity contribution in [2.45, 2.75) is 0 Å². The van der Waals surface area contributed by atoms with Crippen molar-refractivity contribution in [3.8, 4) is 22.5 Å². The normalized spacial score (nSPS) is 11.8. The fraction of sp³-hybridized carbons (Fsp3) is 0. The Labute approximate surface area is 334 Å². The van der Waals surface area contributed by atoms with Crippen LogP contribution in [-0.2, 0) is 0 Å². The molecule has 4 nitrogen and oxygen atoms in total. The zero-order chi connectivity index (χ0) is 38.2. The van der Waals surface area contributed by atoms with Gasteiger partial charge in [-0.3, -0.25) is 0 Å². The first-order valence-corrected chi connectivity index (χ1v) is 19.8. The van der Waals surface area contributed by atoms with Crippen molar-refractivity contribution in [2.75, 3.05) is 4.90 Å². The van der Waals surface area contributed by atoms with Crippen LogP contribution in [0.4, 0.5) is 17.1 Å². The van der Waals surface area contributed by atoms with Crippen LogP contribution >= 0.6 is 0 Å². The Balaban J connectivity index is 1.26. The summed E-state index contributed by atoms with van der Waals surface area (Å²) in [5.41, 5.74) is 14.1. The molecule has 0 saturated carbocycles. The molecule has 58 heavy (non-hydrogen) atoms. The third kappa shape index (κ3) is 4.88. The van der Waals surface area contributed by atoms with Crippen molar-refractivity contribution in [1.29, 1.82) is 0 Å². The molecule has 0 aliphatic rings. The van der Waals surface area contributed by atoms with E-state index in [1.807, 2.05) is 12.1 Å². The van der Waals surface area contributed by atoms with Crippen molar-refractivity contribution in [3.05, 3.63) is 212 Å². The maximum atomic E-state index is 6.37. The minimum Gasteiger partial charge on any atom is -0.456 e. The monoisotopic (exact) mass is 741 g/mol. The lowest BCUT2D eigenvalue weighted by Crippen LogP contribution is -2.12. The molecule has 0 saturated heterocycles. The lowest BCUT2D eigenvalue weighted by molar-refractivity contribution is 0.669. The number of para-hydroxylation sites is 6. The van der Waals surface area contributed by atoms with E-state index in [4.69, 9.17) is 4.42 Å². The second-order valence-electron chi connectivity index (χ2n) is 14.9. The van der Waals surface area contributed by atoms with Gasteiger partial charge in [-0.15, -0.1) is 0 Å². The number of furan rings is 1. The van der Waals surface area contributed by atoms with Crippen molar-refractivity contribution in [1.82, 2.24) is 9.13 Å². The van der Waals surface area contributed by atoms with E-state index in [1.165, 1.54) is 32.6 Å². The highest BCUT2D eigenvalue weighted by atomic mass is 16.3. The van der Waals surface area contributed by atoms with Crippen LogP contribution in [-0.4, -0.2) is 9.13 Å². The van der Waals surface area contributed by atoms with Gasteiger partial charge in [0.25, 0.3) is 0 Å². The molecule has 0 N–H and O–H groups in total. The fourth-order valence-electron chi connectivity index (χ4n) is 9.21. The topological polar surface area (TPSA) is 26.2 Å². The Morgan fingerprint density at radius 2 is 0.931 bits per heavy atom. The van der Waals surface area contributed by atoms with Gasteiger partial charge in [0.2, 0.25) is 0 Å². The van der Waals surface area contributed by atoms with Crippen molar-refractivity contribution < 1.29 is 4.42 Å². The van der Waals surface area contributed by atoms with Crippen LogP contribution in [0.25, 0.3) is 88.1 Å². The van der Waals surface area contributed by atoms with Gasteiger partial charge in [-0.1, -0.05) is 140 Å². The highest BCUT2D eigenvalue weighted by Crippen LogP contribution is 2.47. The second-order valence-corrected chi connectivity index (χ2v) is 14.9. The van der Waals surface area contributed by atoms with Gasteiger partial charge in [-0.25, -0.2) is 0 Å². The molecule has 9 aromatic carbocycles. The first-order chi connectivity index (χ1) is 28.8. The first kappa shape index (κ1) is 32.4. The minimum absolute atomic E-state index is 0.867. The van der Waals surface area contributed by atoms with Crippen LogP contribution in [0.3, 0.4) is 0 Å². The summed E-state index contributed by atoms with van der Waals surface area (Å²) in [5, 5.41) is 7.03. The zero-order valence-electron chi connectivity index (χ0n) is 31.5. The molecule has 4 heteroatoms. The molecule has 0 bridgehead atoms. The SMILES string of the molecule is c1ccc(-c2ccccc2N(c2ccc3oc4ccccc4c3c2)c2cc(-n3c4ccccc4c4ccccc43)c3c4ccccc4n(-c4ccccc4)c3c2)cc1. The summed E-state index contributed by atoms with van der Waals surface area (Å²) in [5.74, 6) is 0. The number of nitrogens with zero attached hydrogens (tertiary/aromatic N) is 3. The Bertz CT molecular complexity index is 3470. The van der Waals surface area contributed by atoms with Gasteiger partial charge in [0.05, 0.1) is 39.1 Å². The fourth-order valence-corrected chi connectivity index (χ4v) is 9.21. The van der Waals surface area contributed by atoms with Crippen LogP contribution in [0.2, 0.25) is 0 Å². The largest absolute Gasteiger partial charge is 0.456 e. The van der Waals surface area contributed by atoms with Crippen molar-refractivity contribution in [3.63, 3.8) is 0 Å². The summed E-state index contributed by atoms with van der Waals surface area (Å²) in [4.78, 5) is 2.44. The van der Waals surface area contributed by atoms with E-state index in [9.17, 15) is 0 Å². The molecule has 0 spiro atoms. The second kappa shape index (κ2) is 12.9. The summed E-state index contributed by atoms with van der Waals surface area (Å²) < 4.78 is 11.3. The zero-order valence-corrected chi connectivity index (χ0v) is 31.5. The van der Waals surface area contributed by atoms with E-state index in [0.717, 1.165) is 72.5 Å². The molecular formula is C54H35N3O. The lowest BCUT2D eigenvalue weighted by Gasteiger charge is -2.29. The number of rotatable bonds is 6. The molecule has 0 atom stereocenters. The third-order valence-corrected chi connectivity index (χ3v) is 11.7. The third-order valence-electron chi connectivity index (χ3n) is 11.7. The Morgan fingerprint density at radius 1 is 0.362 bits per heavy atom. The lowest BCUT2D eigenvalue weighted by atomic mass is 10.0. The molecule has 12 aromatic rings. The number of benzene rings is 9. The summed E-state index contributed by atoms with van der Waals surface area (Å²) in [6.07, 6.45) is 0. The number of hydrogen-bond donors (Lipinski definition) is 0. The van der Waals surface area contributed by atoms with E-state index >= 15 is 0 Å². The van der Waals surface area contributed by atoms with Crippen LogP contribution in [0.1, 0.15) is 0 Å². The predicted octanol–water partition coefficient (Wildman–Crippen LogP) is 14.9.